The van der Waals surface area contributed by atoms with Gasteiger partial charge in [-0.1, -0.05) is 15.9 Å². The maximum absolute atomic E-state index is 5.19. The number of hydrogen-bond donors (Lipinski definition) is 0. The van der Waals surface area contributed by atoms with Gasteiger partial charge >= 0.3 is 0 Å². The van der Waals surface area contributed by atoms with E-state index < -0.39 is 0 Å². The molecule has 0 spiro atoms. The van der Waals surface area contributed by atoms with Crippen molar-refractivity contribution < 1.29 is 4.74 Å². The first kappa shape index (κ1) is 4.33. The van der Waals surface area contributed by atoms with Gasteiger partial charge in [-0.05, 0) is 12.8 Å². The lowest BCUT2D eigenvalue weighted by atomic mass is 10.4. The molecule has 1 saturated heterocycles. The van der Waals surface area contributed by atoms with Crippen molar-refractivity contribution in [1.29, 1.82) is 0 Å². The molecule has 1 heterocycles. The van der Waals surface area contributed by atoms with Crippen molar-refractivity contribution in [3.63, 3.8) is 0 Å². The molecule has 2 unspecified atom stereocenters. The number of rotatable bonds is 0. The summed E-state index contributed by atoms with van der Waals surface area (Å²) in [5.74, 6) is 0. The second-order valence-corrected chi connectivity index (χ2v) is 3.58. The van der Waals surface area contributed by atoms with E-state index in [1.54, 1.807) is 0 Å². The van der Waals surface area contributed by atoms with Crippen LogP contribution in [-0.2, 0) is 4.74 Å². The maximum atomic E-state index is 5.19. The molecule has 1 saturated carbocycles. The lowest BCUT2D eigenvalue weighted by Crippen LogP contribution is -1.93. The summed E-state index contributed by atoms with van der Waals surface area (Å²) >= 11 is 3.53. The average Bonchev–Trinajstić information content (AvgIpc) is 2.15. The van der Waals surface area contributed by atoms with Crippen LogP contribution in [0.2, 0.25) is 0 Å². The predicted molar refractivity (Wildman–Crippen MR) is 30.6 cm³/mol. The fourth-order valence-corrected chi connectivity index (χ4v) is 1.93. The van der Waals surface area contributed by atoms with Gasteiger partial charge in [0.1, 0.15) is 0 Å². The molecular formula is C5H7BrO. The van der Waals surface area contributed by atoms with E-state index in [-0.39, 0.29) is 0 Å². The molecule has 0 N–H and O–H groups in total. The minimum atomic E-state index is 0.643. The molecule has 1 aliphatic carbocycles. The minimum Gasteiger partial charge on any atom is -0.370 e. The van der Waals surface area contributed by atoms with E-state index in [9.17, 15) is 0 Å². The Morgan fingerprint density at radius 3 is 2.14 bits per heavy atom. The highest BCUT2D eigenvalue weighted by atomic mass is 79.9. The number of hydrogen-bond acceptors (Lipinski definition) is 1. The first-order valence-corrected chi connectivity index (χ1v) is 3.57. The van der Waals surface area contributed by atoms with Crippen LogP contribution in [0.1, 0.15) is 12.8 Å². The van der Waals surface area contributed by atoms with Gasteiger partial charge < -0.3 is 4.74 Å². The van der Waals surface area contributed by atoms with Crippen LogP contribution < -0.4 is 0 Å². The van der Waals surface area contributed by atoms with Crippen molar-refractivity contribution in [2.45, 2.75) is 29.9 Å². The van der Waals surface area contributed by atoms with Gasteiger partial charge in [-0.3, -0.25) is 0 Å². The molecule has 1 aliphatic heterocycles. The quantitative estimate of drug-likeness (QED) is 0.387. The van der Waals surface area contributed by atoms with E-state index >= 15 is 0 Å². The number of epoxide rings is 1. The Morgan fingerprint density at radius 2 is 1.86 bits per heavy atom. The monoisotopic (exact) mass is 162 g/mol. The van der Waals surface area contributed by atoms with Crippen LogP contribution in [0.15, 0.2) is 0 Å². The molecule has 2 atom stereocenters. The normalized spacial score (nSPS) is 57.0. The summed E-state index contributed by atoms with van der Waals surface area (Å²) in [7, 11) is 0. The van der Waals surface area contributed by atoms with Crippen LogP contribution in [0.5, 0.6) is 0 Å². The third-order valence-corrected chi connectivity index (χ3v) is 2.41. The van der Waals surface area contributed by atoms with E-state index in [4.69, 9.17) is 4.74 Å². The lowest BCUT2D eigenvalue weighted by Gasteiger charge is -1.96. The molecule has 1 nitrogen and oxygen atoms in total. The third kappa shape index (κ3) is 0.609. The van der Waals surface area contributed by atoms with E-state index in [1.807, 2.05) is 0 Å². The van der Waals surface area contributed by atoms with E-state index in [0.29, 0.717) is 12.2 Å². The molecule has 0 aromatic rings. The molecule has 2 aliphatic rings. The predicted octanol–water partition coefficient (Wildman–Crippen LogP) is 1.31. The van der Waals surface area contributed by atoms with Crippen molar-refractivity contribution in [2.75, 3.05) is 0 Å². The lowest BCUT2D eigenvalue weighted by molar-refractivity contribution is 0.327. The first-order valence-electron chi connectivity index (χ1n) is 2.66. The summed E-state index contributed by atoms with van der Waals surface area (Å²) in [6, 6.07) is 0. The summed E-state index contributed by atoms with van der Waals surface area (Å²) in [5.41, 5.74) is 0. The molecule has 0 aromatic heterocycles. The van der Waals surface area contributed by atoms with Crippen molar-refractivity contribution in [2.24, 2.45) is 0 Å². The fraction of sp³-hybridized carbons (Fsp3) is 1.00. The number of fused-ring (bicyclic) bond motifs is 1. The highest BCUT2D eigenvalue weighted by Crippen LogP contribution is 2.41. The van der Waals surface area contributed by atoms with Gasteiger partial charge in [0.2, 0.25) is 0 Å². The molecule has 0 aromatic carbocycles. The Morgan fingerprint density at radius 1 is 1.29 bits per heavy atom. The molecule has 0 radical (unpaired) electrons. The zero-order valence-corrected chi connectivity index (χ0v) is 5.52. The first-order chi connectivity index (χ1) is 3.36. The van der Waals surface area contributed by atoms with Gasteiger partial charge in [-0.2, -0.15) is 0 Å². The number of ether oxygens (including phenoxy) is 1. The minimum absolute atomic E-state index is 0.643. The molecule has 2 fully saturated rings. The Kier molecular flexibility index (Phi) is 0.762. The second-order valence-electron chi connectivity index (χ2n) is 2.28. The van der Waals surface area contributed by atoms with Gasteiger partial charge in [0.15, 0.2) is 0 Å². The summed E-state index contributed by atoms with van der Waals surface area (Å²) in [5, 5.41) is 0. The summed E-state index contributed by atoms with van der Waals surface area (Å²) in [6.07, 6.45) is 3.77. The average molecular weight is 163 g/mol. The van der Waals surface area contributed by atoms with Crippen molar-refractivity contribution >= 4 is 15.9 Å². The summed E-state index contributed by atoms with van der Waals surface area (Å²) in [4.78, 5) is 0.760. The van der Waals surface area contributed by atoms with E-state index in [2.05, 4.69) is 15.9 Å². The maximum Gasteiger partial charge on any atom is 0.0853 e. The summed E-state index contributed by atoms with van der Waals surface area (Å²) in [6.45, 7) is 0. The fourth-order valence-electron chi connectivity index (χ4n) is 1.19. The zero-order chi connectivity index (χ0) is 4.85. The third-order valence-electron chi connectivity index (χ3n) is 1.66. The molecule has 7 heavy (non-hydrogen) atoms. The number of alkyl halides is 1. The smallest absolute Gasteiger partial charge is 0.0853 e. The summed E-state index contributed by atoms with van der Waals surface area (Å²) < 4.78 is 5.19. The molecule has 0 bridgehead atoms. The van der Waals surface area contributed by atoms with Crippen LogP contribution in [0.3, 0.4) is 0 Å². The Bertz CT molecular complexity index is 84.1. The molecule has 2 heteroatoms. The van der Waals surface area contributed by atoms with Gasteiger partial charge in [0.25, 0.3) is 0 Å². The molecular weight excluding hydrogens is 156 g/mol. The van der Waals surface area contributed by atoms with Crippen molar-refractivity contribution in [3.05, 3.63) is 0 Å². The van der Waals surface area contributed by atoms with Gasteiger partial charge in [-0.25, -0.2) is 0 Å². The molecule has 40 valence electrons. The van der Waals surface area contributed by atoms with Crippen LogP contribution in [-0.4, -0.2) is 17.0 Å². The van der Waals surface area contributed by atoms with Crippen molar-refractivity contribution in [1.82, 2.24) is 0 Å². The van der Waals surface area contributed by atoms with Gasteiger partial charge in [0.05, 0.1) is 12.2 Å². The van der Waals surface area contributed by atoms with E-state index in [1.165, 1.54) is 12.8 Å². The zero-order valence-electron chi connectivity index (χ0n) is 3.93. The Labute approximate surface area is 51.2 Å². The van der Waals surface area contributed by atoms with E-state index in [0.717, 1.165) is 4.83 Å². The number of halogens is 1. The van der Waals surface area contributed by atoms with Crippen LogP contribution in [0.25, 0.3) is 0 Å². The Balaban J connectivity index is 2.02. The standard InChI is InChI=1S/C5H7BrO/c6-3-1-4-5(2-3)7-4/h3-5H,1-2H2. The molecule has 2 rings (SSSR count). The van der Waals surface area contributed by atoms with Crippen molar-refractivity contribution in [3.8, 4) is 0 Å². The van der Waals surface area contributed by atoms with Gasteiger partial charge in [0, 0.05) is 4.83 Å². The van der Waals surface area contributed by atoms with Crippen LogP contribution in [0.4, 0.5) is 0 Å². The second kappa shape index (κ2) is 1.23. The highest BCUT2D eigenvalue weighted by Gasteiger charge is 2.46. The van der Waals surface area contributed by atoms with Crippen LogP contribution in [0, 0.1) is 0 Å². The van der Waals surface area contributed by atoms with Crippen LogP contribution >= 0.6 is 15.9 Å². The van der Waals surface area contributed by atoms with Gasteiger partial charge in [-0.15, -0.1) is 0 Å². The SMILES string of the molecule is BrC1CC2OC2C1. The highest BCUT2D eigenvalue weighted by molar-refractivity contribution is 9.09. The largest absolute Gasteiger partial charge is 0.370 e. The Hall–Kier alpha value is 0.440. The topological polar surface area (TPSA) is 12.5 Å². The molecule has 0 amide bonds.